The number of hydrogen-bond acceptors (Lipinski definition) is 6. The van der Waals surface area contributed by atoms with E-state index < -0.39 is 0 Å². The number of nitrogens with two attached hydrogens (primary N) is 1. The molecule has 18 heavy (non-hydrogen) atoms. The third kappa shape index (κ3) is 3.27. The minimum Gasteiger partial charge on any atom is -0.384 e. The quantitative estimate of drug-likeness (QED) is 0.832. The van der Waals surface area contributed by atoms with E-state index in [1.807, 2.05) is 0 Å². The number of nitrogens with one attached hydrogen (secondary N) is 1. The van der Waals surface area contributed by atoms with Crippen molar-refractivity contribution in [1.29, 1.82) is 0 Å². The summed E-state index contributed by atoms with van der Waals surface area (Å²) < 4.78 is 4.91. The van der Waals surface area contributed by atoms with Crippen LogP contribution in [0.15, 0.2) is 22.9 Å². The maximum absolute atomic E-state index is 11.6. The fourth-order valence-electron chi connectivity index (χ4n) is 1.36. The van der Waals surface area contributed by atoms with E-state index in [0.717, 1.165) is 0 Å². The lowest BCUT2D eigenvalue weighted by atomic mass is 10.3. The van der Waals surface area contributed by atoms with Crippen molar-refractivity contribution < 1.29 is 9.32 Å². The van der Waals surface area contributed by atoms with Gasteiger partial charge in [-0.3, -0.25) is 4.79 Å². The molecule has 1 amide bonds. The summed E-state index contributed by atoms with van der Waals surface area (Å²) in [4.78, 5) is 19.5. The number of anilines is 2. The summed E-state index contributed by atoms with van der Waals surface area (Å²) in [5, 5.41) is 6.35. The Morgan fingerprint density at radius 1 is 1.50 bits per heavy atom. The zero-order valence-corrected chi connectivity index (χ0v) is 9.88. The van der Waals surface area contributed by atoms with Crippen LogP contribution in [0.5, 0.6) is 0 Å². The van der Waals surface area contributed by atoms with Gasteiger partial charge in [-0.05, 0) is 19.1 Å². The molecule has 0 fully saturated rings. The first-order valence-corrected chi connectivity index (χ1v) is 5.44. The number of nitrogen functional groups attached to an aromatic ring is 1. The topological polar surface area (TPSA) is 107 Å². The lowest BCUT2D eigenvalue weighted by Gasteiger charge is -2.03. The zero-order valence-electron chi connectivity index (χ0n) is 9.88. The SMILES string of the molecule is Cc1noc(CCC(=O)Nc2ccc(N)nc2)n1. The second kappa shape index (κ2) is 5.26. The van der Waals surface area contributed by atoms with Gasteiger partial charge in [0.25, 0.3) is 0 Å². The Hall–Kier alpha value is -2.44. The molecule has 0 bridgehead atoms. The number of amides is 1. The standard InChI is InChI=1S/C11H13N5O2/c1-7-14-11(18-16-7)5-4-10(17)15-8-2-3-9(12)13-6-8/h2-3,6H,4-5H2,1H3,(H2,12,13)(H,15,17). The molecule has 7 heteroatoms. The minimum absolute atomic E-state index is 0.141. The highest BCUT2D eigenvalue weighted by Gasteiger charge is 2.07. The molecular formula is C11H13N5O2. The number of pyridine rings is 1. The Labute approximate surface area is 103 Å². The van der Waals surface area contributed by atoms with Crippen molar-refractivity contribution in [2.24, 2.45) is 0 Å². The Morgan fingerprint density at radius 3 is 2.94 bits per heavy atom. The van der Waals surface area contributed by atoms with Crippen LogP contribution in [0.3, 0.4) is 0 Å². The van der Waals surface area contributed by atoms with Crippen molar-refractivity contribution in [3.8, 4) is 0 Å². The first-order valence-electron chi connectivity index (χ1n) is 5.44. The first-order chi connectivity index (χ1) is 8.63. The van der Waals surface area contributed by atoms with Gasteiger partial charge in [-0.1, -0.05) is 5.16 Å². The molecule has 94 valence electrons. The largest absolute Gasteiger partial charge is 0.384 e. The molecule has 0 aliphatic heterocycles. The molecule has 3 N–H and O–H groups in total. The molecule has 0 aliphatic carbocycles. The van der Waals surface area contributed by atoms with Crippen LogP contribution in [0, 0.1) is 6.92 Å². The fourth-order valence-corrected chi connectivity index (χ4v) is 1.36. The molecule has 0 saturated carbocycles. The number of carbonyl (C=O) groups is 1. The van der Waals surface area contributed by atoms with Crippen LogP contribution in [0.25, 0.3) is 0 Å². The molecule has 0 aromatic carbocycles. The van der Waals surface area contributed by atoms with E-state index in [1.165, 1.54) is 6.20 Å². The van der Waals surface area contributed by atoms with E-state index in [4.69, 9.17) is 10.3 Å². The van der Waals surface area contributed by atoms with Crippen LogP contribution in [-0.4, -0.2) is 21.0 Å². The van der Waals surface area contributed by atoms with E-state index in [9.17, 15) is 4.79 Å². The van der Waals surface area contributed by atoms with Crippen molar-refractivity contribution in [3.63, 3.8) is 0 Å². The molecule has 0 aliphatic rings. The maximum Gasteiger partial charge on any atom is 0.227 e. The number of carbonyl (C=O) groups excluding carboxylic acids is 1. The molecule has 0 unspecified atom stereocenters. The molecule has 2 aromatic heterocycles. The summed E-state index contributed by atoms with van der Waals surface area (Å²) in [7, 11) is 0. The second-order valence-corrected chi connectivity index (χ2v) is 3.76. The molecule has 0 spiro atoms. The van der Waals surface area contributed by atoms with Gasteiger partial charge in [0.05, 0.1) is 11.9 Å². The normalized spacial score (nSPS) is 10.3. The molecule has 2 heterocycles. The van der Waals surface area contributed by atoms with Gasteiger partial charge in [-0.2, -0.15) is 4.98 Å². The smallest absolute Gasteiger partial charge is 0.227 e. The number of rotatable bonds is 4. The third-order valence-electron chi connectivity index (χ3n) is 2.21. The van der Waals surface area contributed by atoms with Gasteiger partial charge in [-0.15, -0.1) is 0 Å². The Balaban J connectivity index is 1.83. The van der Waals surface area contributed by atoms with Gasteiger partial charge in [-0.25, -0.2) is 4.98 Å². The maximum atomic E-state index is 11.6. The van der Waals surface area contributed by atoms with Crippen LogP contribution in [-0.2, 0) is 11.2 Å². The molecule has 2 rings (SSSR count). The van der Waals surface area contributed by atoms with Gasteiger partial charge in [0.15, 0.2) is 5.82 Å². The average Bonchev–Trinajstić information content (AvgIpc) is 2.76. The van der Waals surface area contributed by atoms with E-state index >= 15 is 0 Å². The van der Waals surface area contributed by atoms with Crippen molar-refractivity contribution in [1.82, 2.24) is 15.1 Å². The molecule has 0 atom stereocenters. The highest BCUT2D eigenvalue weighted by molar-refractivity contribution is 5.90. The van der Waals surface area contributed by atoms with Crippen molar-refractivity contribution in [2.75, 3.05) is 11.1 Å². The number of hydrogen-bond donors (Lipinski definition) is 2. The zero-order chi connectivity index (χ0) is 13.0. The fraction of sp³-hybridized carbons (Fsp3) is 0.273. The van der Waals surface area contributed by atoms with Crippen LogP contribution >= 0.6 is 0 Å². The van der Waals surface area contributed by atoms with Crippen molar-refractivity contribution >= 4 is 17.4 Å². The third-order valence-corrected chi connectivity index (χ3v) is 2.21. The Bertz CT molecular complexity index is 535. The van der Waals surface area contributed by atoms with E-state index in [2.05, 4.69) is 20.4 Å². The molecular weight excluding hydrogens is 234 g/mol. The van der Waals surface area contributed by atoms with Crippen LogP contribution in [0.2, 0.25) is 0 Å². The number of nitrogens with zero attached hydrogens (tertiary/aromatic N) is 3. The van der Waals surface area contributed by atoms with Crippen LogP contribution < -0.4 is 11.1 Å². The summed E-state index contributed by atoms with van der Waals surface area (Å²) in [6, 6.07) is 3.31. The highest BCUT2D eigenvalue weighted by Crippen LogP contribution is 2.08. The summed E-state index contributed by atoms with van der Waals surface area (Å²) in [6.07, 6.45) is 2.19. The Morgan fingerprint density at radius 2 is 2.33 bits per heavy atom. The van der Waals surface area contributed by atoms with Gasteiger partial charge in [0.2, 0.25) is 11.8 Å². The summed E-state index contributed by atoms with van der Waals surface area (Å²) in [5.74, 6) is 1.29. The number of aromatic nitrogens is 3. The Kier molecular flexibility index (Phi) is 3.52. The summed E-state index contributed by atoms with van der Waals surface area (Å²) in [5.41, 5.74) is 6.05. The highest BCUT2D eigenvalue weighted by atomic mass is 16.5. The summed E-state index contributed by atoms with van der Waals surface area (Å²) >= 11 is 0. The van der Waals surface area contributed by atoms with Gasteiger partial charge in [0, 0.05) is 12.8 Å². The second-order valence-electron chi connectivity index (χ2n) is 3.76. The number of aryl methyl sites for hydroxylation is 2. The molecule has 0 radical (unpaired) electrons. The first kappa shape index (κ1) is 12.0. The monoisotopic (exact) mass is 247 g/mol. The van der Waals surface area contributed by atoms with Crippen LogP contribution in [0.1, 0.15) is 18.1 Å². The van der Waals surface area contributed by atoms with Crippen molar-refractivity contribution in [3.05, 3.63) is 30.0 Å². The predicted octanol–water partition coefficient (Wildman–Crippen LogP) is 0.927. The van der Waals surface area contributed by atoms with Gasteiger partial charge >= 0.3 is 0 Å². The van der Waals surface area contributed by atoms with Crippen molar-refractivity contribution in [2.45, 2.75) is 19.8 Å². The molecule has 0 saturated heterocycles. The molecule has 7 nitrogen and oxygen atoms in total. The van der Waals surface area contributed by atoms with Gasteiger partial charge in [0.1, 0.15) is 5.82 Å². The summed E-state index contributed by atoms with van der Waals surface area (Å²) in [6.45, 7) is 1.73. The minimum atomic E-state index is -0.141. The lowest BCUT2D eigenvalue weighted by molar-refractivity contribution is -0.116. The molecule has 2 aromatic rings. The lowest BCUT2D eigenvalue weighted by Crippen LogP contribution is -2.12. The van der Waals surface area contributed by atoms with Gasteiger partial charge < -0.3 is 15.6 Å². The van der Waals surface area contributed by atoms with E-state index in [1.54, 1.807) is 19.1 Å². The van der Waals surface area contributed by atoms with Crippen LogP contribution in [0.4, 0.5) is 11.5 Å². The van der Waals surface area contributed by atoms with E-state index in [0.29, 0.717) is 29.6 Å². The van der Waals surface area contributed by atoms with E-state index in [-0.39, 0.29) is 12.3 Å². The predicted molar refractivity (Wildman–Crippen MR) is 64.6 cm³/mol. The average molecular weight is 247 g/mol.